The Morgan fingerprint density at radius 3 is 2.52 bits per heavy atom. The standard InChI is InChI=1S/C19H23N4O4.2ClH/c1-23(2,26)12-6-11-20-18-13-7-4-5-8-14(13)21-15-9-10-16(27-3)19(17(15)18)22(24)25;;/h4-5,7-10,26H,6,11-12H2,1-3H3,(H,20,21);2*1H/q+1;;/p-1. The maximum atomic E-state index is 11.8. The van der Waals surface area contributed by atoms with Crippen LogP contribution in [0.2, 0.25) is 0 Å². The number of aromatic nitrogens is 1. The lowest BCUT2D eigenvalue weighted by Crippen LogP contribution is -3.00. The number of nitrogens with one attached hydrogen (secondary N) is 1. The van der Waals surface area contributed by atoms with Gasteiger partial charge in [0, 0.05) is 18.4 Å². The van der Waals surface area contributed by atoms with E-state index in [1.165, 1.54) is 7.11 Å². The van der Waals surface area contributed by atoms with Gasteiger partial charge in [-0.3, -0.25) is 10.1 Å². The zero-order valence-corrected chi connectivity index (χ0v) is 18.0. The van der Waals surface area contributed by atoms with Gasteiger partial charge in [0.25, 0.3) is 0 Å². The first kappa shape index (κ1) is 24.6. The Morgan fingerprint density at radius 1 is 1.21 bits per heavy atom. The number of ether oxygens (including phenoxy) is 1. The van der Waals surface area contributed by atoms with Crippen molar-refractivity contribution in [3.05, 3.63) is 46.5 Å². The van der Waals surface area contributed by atoms with E-state index < -0.39 is 4.92 Å². The van der Waals surface area contributed by atoms with Gasteiger partial charge in [-0.15, -0.1) is 12.4 Å². The van der Waals surface area contributed by atoms with Crippen molar-refractivity contribution in [1.82, 2.24) is 4.98 Å². The second kappa shape index (κ2) is 9.89. The van der Waals surface area contributed by atoms with Crippen LogP contribution >= 0.6 is 12.4 Å². The van der Waals surface area contributed by atoms with Crippen molar-refractivity contribution in [1.29, 1.82) is 0 Å². The van der Waals surface area contributed by atoms with Gasteiger partial charge < -0.3 is 22.5 Å². The maximum Gasteiger partial charge on any atom is 0.322 e. The molecule has 8 nitrogen and oxygen atoms in total. The smallest absolute Gasteiger partial charge is 0.322 e. The molecule has 0 saturated carbocycles. The fraction of sp³-hybridized carbons (Fsp3) is 0.316. The number of methoxy groups -OCH3 is 1. The Bertz CT molecular complexity index is 1010. The molecule has 0 bridgehead atoms. The summed E-state index contributed by atoms with van der Waals surface area (Å²) in [5.74, 6) is 0.195. The molecule has 0 fully saturated rings. The third kappa shape index (κ3) is 5.36. The van der Waals surface area contributed by atoms with Crippen LogP contribution in [-0.4, -0.2) is 54.1 Å². The Labute approximate surface area is 181 Å². The number of hydroxylamine groups is 3. The highest BCUT2D eigenvalue weighted by molar-refractivity contribution is 6.12. The van der Waals surface area contributed by atoms with Gasteiger partial charge in [-0.05, 0) is 18.2 Å². The zero-order chi connectivity index (χ0) is 19.6. The summed E-state index contributed by atoms with van der Waals surface area (Å²) in [6.07, 6.45) is 0.694. The Kier molecular flexibility index (Phi) is 8.40. The summed E-state index contributed by atoms with van der Waals surface area (Å²) >= 11 is 0. The third-order valence-corrected chi connectivity index (χ3v) is 4.37. The number of hydrogen-bond donors (Lipinski definition) is 2. The summed E-state index contributed by atoms with van der Waals surface area (Å²) in [4.78, 5) is 15.9. The van der Waals surface area contributed by atoms with E-state index >= 15 is 0 Å². The Morgan fingerprint density at radius 2 is 1.90 bits per heavy atom. The average Bonchev–Trinajstić information content (AvgIpc) is 2.62. The van der Waals surface area contributed by atoms with E-state index in [0.717, 1.165) is 10.9 Å². The van der Waals surface area contributed by atoms with E-state index in [9.17, 15) is 15.3 Å². The van der Waals surface area contributed by atoms with Crippen LogP contribution in [0.25, 0.3) is 21.8 Å². The summed E-state index contributed by atoms with van der Waals surface area (Å²) in [6.45, 7) is 1.11. The molecule has 1 heterocycles. The number of anilines is 1. The molecule has 0 aliphatic rings. The Balaban J connectivity index is 0.00000210. The first-order valence-electron chi connectivity index (χ1n) is 8.65. The van der Waals surface area contributed by atoms with Crippen LogP contribution in [0.15, 0.2) is 36.4 Å². The van der Waals surface area contributed by atoms with E-state index in [2.05, 4.69) is 10.3 Å². The van der Waals surface area contributed by atoms with Crippen LogP contribution in [0.5, 0.6) is 5.75 Å². The number of halogens is 2. The van der Waals surface area contributed by atoms with Gasteiger partial charge in [-0.1, -0.05) is 18.2 Å². The average molecular weight is 443 g/mol. The molecule has 3 rings (SSSR count). The minimum Gasteiger partial charge on any atom is -1.00 e. The maximum absolute atomic E-state index is 11.8. The molecule has 0 aliphatic carbocycles. The molecule has 3 aromatic rings. The SMILES string of the molecule is COc1ccc2nc3ccccc3c(NCCC[N+](C)(C)O)c2c1[N+](=O)[O-].Cl.[Cl-]. The van der Waals surface area contributed by atoms with Gasteiger partial charge in [0.05, 0.1) is 42.8 Å². The van der Waals surface area contributed by atoms with Crippen LogP contribution in [0, 0.1) is 10.1 Å². The fourth-order valence-electron chi connectivity index (χ4n) is 3.16. The first-order valence-corrected chi connectivity index (χ1v) is 8.65. The van der Waals surface area contributed by atoms with Gasteiger partial charge in [0.15, 0.2) is 5.75 Å². The molecule has 0 radical (unpaired) electrons. The summed E-state index contributed by atoms with van der Waals surface area (Å²) in [6, 6.07) is 10.8. The van der Waals surface area contributed by atoms with Gasteiger partial charge in [0.2, 0.25) is 0 Å². The number of benzene rings is 2. The van der Waals surface area contributed by atoms with Crippen molar-refractivity contribution < 1.29 is 31.9 Å². The fourth-order valence-corrected chi connectivity index (χ4v) is 3.16. The van der Waals surface area contributed by atoms with Crippen LogP contribution < -0.4 is 22.5 Å². The second-order valence-corrected chi connectivity index (χ2v) is 6.90. The monoisotopic (exact) mass is 442 g/mol. The van der Waals surface area contributed by atoms with Crippen molar-refractivity contribution in [3.63, 3.8) is 0 Å². The first-order chi connectivity index (χ1) is 12.8. The number of rotatable bonds is 7. The molecule has 0 spiro atoms. The number of fused-ring (bicyclic) bond motifs is 2. The van der Waals surface area contributed by atoms with Crippen molar-refractivity contribution in [2.45, 2.75) is 6.42 Å². The van der Waals surface area contributed by atoms with E-state index in [1.54, 1.807) is 26.2 Å². The highest BCUT2D eigenvalue weighted by Crippen LogP contribution is 2.41. The van der Waals surface area contributed by atoms with Gasteiger partial charge in [0.1, 0.15) is 11.9 Å². The van der Waals surface area contributed by atoms with Crippen molar-refractivity contribution in [2.75, 3.05) is 39.6 Å². The molecule has 2 N–H and O–H groups in total. The van der Waals surface area contributed by atoms with Crippen LogP contribution in [-0.2, 0) is 0 Å². The van der Waals surface area contributed by atoms with Crippen molar-refractivity contribution in [3.8, 4) is 5.75 Å². The van der Waals surface area contributed by atoms with Gasteiger partial charge in [-0.25, -0.2) is 10.2 Å². The van der Waals surface area contributed by atoms with Gasteiger partial charge >= 0.3 is 5.69 Å². The molecule has 29 heavy (non-hydrogen) atoms. The molecule has 0 atom stereocenters. The molecule has 0 saturated heterocycles. The normalized spacial score (nSPS) is 10.9. The van der Waals surface area contributed by atoms with Crippen LogP contribution in [0.3, 0.4) is 0 Å². The zero-order valence-electron chi connectivity index (χ0n) is 16.4. The lowest BCUT2D eigenvalue weighted by Gasteiger charge is -2.20. The quantitative estimate of drug-likeness (QED) is 0.186. The highest BCUT2D eigenvalue weighted by atomic mass is 35.5. The number of para-hydroxylation sites is 1. The Hall–Kier alpha value is -2.39. The summed E-state index contributed by atoms with van der Waals surface area (Å²) in [7, 11) is 4.82. The topological polar surface area (TPSA) is 97.5 Å². The minimum absolute atomic E-state index is 0. The largest absolute Gasteiger partial charge is 1.00 e. The number of nitro groups is 1. The summed E-state index contributed by atoms with van der Waals surface area (Å²) < 4.78 is 5.09. The van der Waals surface area contributed by atoms with E-state index in [-0.39, 0.29) is 40.9 Å². The highest BCUT2D eigenvalue weighted by Gasteiger charge is 2.24. The molecular weight excluding hydrogens is 419 g/mol. The van der Waals surface area contributed by atoms with Crippen molar-refractivity contribution >= 4 is 45.6 Å². The summed E-state index contributed by atoms with van der Waals surface area (Å²) in [5, 5.41) is 26.2. The van der Waals surface area contributed by atoms with Crippen LogP contribution in [0.1, 0.15) is 6.42 Å². The van der Waals surface area contributed by atoms with Crippen LogP contribution in [0.4, 0.5) is 11.4 Å². The molecule has 1 aromatic heterocycles. The molecule has 0 unspecified atom stereocenters. The lowest BCUT2D eigenvalue weighted by atomic mass is 10.1. The molecule has 10 heteroatoms. The van der Waals surface area contributed by atoms with Gasteiger partial charge in [-0.2, -0.15) is 4.65 Å². The minimum atomic E-state index is -0.434. The van der Waals surface area contributed by atoms with E-state index in [4.69, 9.17) is 4.74 Å². The number of pyridine rings is 1. The second-order valence-electron chi connectivity index (χ2n) is 6.90. The number of hydrogen-bond acceptors (Lipinski definition) is 6. The van der Waals surface area contributed by atoms with E-state index in [0.29, 0.717) is 36.1 Å². The molecule has 0 aliphatic heterocycles. The molecule has 158 valence electrons. The number of nitro benzene ring substituents is 1. The predicted octanol–water partition coefficient (Wildman–Crippen LogP) is 0.998. The van der Waals surface area contributed by atoms with Crippen molar-refractivity contribution in [2.24, 2.45) is 0 Å². The number of quaternary nitrogens is 1. The van der Waals surface area contributed by atoms with E-state index in [1.807, 2.05) is 24.3 Å². The molecular formula is C19H24Cl2N4O4. The predicted molar refractivity (Wildman–Crippen MR) is 112 cm³/mol. The molecule has 2 aromatic carbocycles. The lowest BCUT2D eigenvalue weighted by molar-refractivity contribution is -1.07. The third-order valence-electron chi connectivity index (χ3n) is 4.37. The number of nitrogens with zero attached hydrogens (tertiary/aromatic N) is 3. The molecule has 0 amide bonds. The summed E-state index contributed by atoms with van der Waals surface area (Å²) in [5.41, 5.74) is 1.84.